The molecule has 2 amide bonds. The number of aromatic nitrogens is 2. The van der Waals surface area contributed by atoms with Crippen LogP contribution in [0.4, 0.5) is 20.6 Å². The number of hydrogen-bond donors (Lipinski definition) is 2. The van der Waals surface area contributed by atoms with Crippen molar-refractivity contribution in [2.24, 2.45) is 0 Å². The Morgan fingerprint density at radius 1 is 0.964 bits per heavy atom. The highest BCUT2D eigenvalue weighted by Gasteiger charge is 2.14. The highest BCUT2D eigenvalue weighted by molar-refractivity contribution is 6.00. The van der Waals surface area contributed by atoms with Gasteiger partial charge in [-0.1, -0.05) is 29.8 Å². The van der Waals surface area contributed by atoms with Crippen molar-refractivity contribution in [3.8, 4) is 11.8 Å². The molecule has 3 aromatic rings. The molecular formula is C21H21FN4O2. The van der Waals surface area contributed by atoms with Gasteiger partial charge >= 0.3 is 12.0 Å². The maximum Gasteiger partial charge on any atom is 0.323 e. The Morgan fingerprint density at radius 3 is 2.29 bits per heavy atom. The highest BCUT2D eigenvalue weighted by atomic mass is 19.1. The minimum atomic E-state index is -0.503. The van der Waals surface area contributed by atoms with Crippen LogP contribution in [-0.4, -0.2) is 16.0 Å². The van der Waals surface area contributed by atoms with Gasteiger partial charge in [-0.25, -0.2) is 9.18 Å². The van der Waals surface area contributed by atoms with Crippen molar-refractivity contribution in [3.63, 3.8) is 0 Å². The number of amides is 2. The monoisotopic (exact) mass is 380 g/mol. The number of halogens is 1. The van der Waals surface area contributed by atoms with E-state index in [2.05, 4.69) is 20.6 Å². The van der Waals surface area contributed by atoms with Crippen LogP contribution in [0.3, 0.4) is 0 Å². The van der Waals surface area contributed by atoms with E-state index < -0.39 is 11.8 Å². The molecule has 0 unspecified atom stereocenters. The number of hydrogen-bond acceptors (Lipinski definition) is 4. The molecule has 144 valence electrons. The summed E-state index contributed by atoms with van der Waals surface area (Å²) in [6.45, 7) is 7.36. The maximum absolute atomic E-state index is 13.7. The average Bonchev–Trinajstić information content (AvgIpc) is 2.63. The SMILES string of the molecule is Cc1ccc(NC(=O)Nc2c(C)nc(Oc3ccccc3F)nc2C)c(C)c1. The second-order valence-corrected chi connectivity index (χ2v) is 6.48. The van der Waals surface area contributed by atoms with Gasteiger partial charge in [-0.05, 0) is 51.5 Å². The van der Waals surface area contributed by atoms with E-state index in [4.69, 9.17) is 4.74 Å². The Bertz CT molecular complexity index is 1010. The molecule has 0 bridgehead atoms. The van der Waals surface area contributed by atoms with Crippen LogP contribution in [-0.2, 0) is 0 Å². The number of benzene rings is 2. The number of nitrogens with zero attached hydrogens (tertiary/aromatic N) is 2. The Hall–Kier alpha value is -3.48. The first-order valence-electron chi connectivity index (χ1n) is 8.76. The van der Waals surface area contributed by atoms with Crippen molar-refractivity contribution >= 4 is 17.4 Å². The average molecular weight is 380 g/mol. The van der Waals surface area contributed by atoms with Gasteiger partial charge in [-0.2, -0.15) is 9.97 Å². The van der Waals surface area contributed by atoms with Crippen LogP contribution in [0, 0.1) is 33.5 Å². The quantitative estimate of drug-likeness (QED) is 0.645. The van der Waals surface area contributed by atoms with Gasteiger partial charge in [0.2, 0.25) is 0 Å². The molecule has 0 radical (unpaired) electrons. The summed E-state index contributed by atoms with van der Waals surface area (Å²) in [4.78, 5) is 20.8. The third kappa shape index (κ3) is 4.43. The molecule has 0 aliphatic heterocycles. The third-order valence-corrected chi connectivity index (χ3v) is 4.16. The Morgan fingerprint density at radius 2 is 1.64 bits per heavy atom. The number of anilines is 2. The van der Waals surface area contributed by atoms with Crippen molar-refractivity contribution in [1.29, 1.82) is 0 Å². The van der Waals surface area contributed by atoms with Crippen LogP contribution < -0.4 is 15.4 Å². The molecule has 1 aromatic heterocycles. The Kier molecular flexibility index (Phi) is 5.54. The molecule has 7 heteroatoms. The van der Waals surface area contributed by atoms with Crippen molar-refractivity contribution in [3.05, 3.63) is 70.8 Å². The molecule has 2 N–H and O–H groups in total. The summed E-state index contributed by atoms with van der Waals surface area (Å²) >= 11 is 0. The number of para-hydroxylation sites is 1. The van der Waals surface area contributed by atoms with E-state index in [1.807, 2.05) is 32.0 Å². The lowest BCUT2D eigenvalue weighted by molar-refractivity contribution is 0.262. The van der Waals surface area contributed by atoms with Crippen LogP contribution in [0.25, 0.3) is 0 Å². The largest absolute Gasteiger partial charge is 0.421 e. The maximum atomic E-state index is 13.7. The van der Waals surface area contributed by atoms with E-state index in [0.29, 0.717) is 17.1 Å². The van der Waals surface area contributed by atoms with Crippen molar-refractivity contribution < 1.29 is 13.9 Å². The molecule has 0 aliphatic rings. The topological polar surface area (TPSA) is 76.1 Å². The standard InChI is InChI=1S/C21H21FN4O2/c1-12-9-10-17(13(2)11-12)25-20(27)26-19-14(3)23-21(24-15(19)4)28-18-8-6-5-7-16(18)22/h5-11H,1-4H3,(H2,25,26,27). The lowest BCUT2D eigenvalue weighted by Crippen LogP contribution is -2.22. The number of ether oxygens (including phenoxy) is 1. The van der Waals surface area contributed by atoms with E-state index in [9.17, 15) is 9.18 Å². The number of aryl methyl sites for hydroxylation is 4. The van der Waals surface area contributed by atoms with Gasteiger partial charge in [0.1, 0.15) is 0 Å². The van der Waals surface area contributed by atoms with Gasteiger partial charge in [0.15, 0.2) is 11.6 Å². The summed E-state index contributed by atoms with van der Waals surface area (Å²) in [6.07, 6.45) is 0. The van der Waals surface area contributed by atoms with Gasteiger partial charge in [-0.15, -0.1) is 0 Å². The van der Waals surface area contributed by atoms with Crippen LogP contribution in [0.1, 0.15) is 22.5 Å². The molecule has 0 aliphatic carbocycles. The van der Waals surface area contributed by atoms with Gasteiger partial charge in [0.05, 0.1) is 17.1 Å². The molecule has 28 heavy (non-hydrogen) atoms. The van der Waals surface area contributed by atoms with Gasteiger partial charge < -0.3 is 15.4 Å². The summed E-state index contributed by atoms with van der Waals surface area (Å²) in [6, 6.07) is 11.4. The van der Waals surface area contributed by atoms with Gasteiger partial charge in [-0.3, -0.25) is 0 Å². The first kappa shape index (κ1) is 19.3. The van der Waals surface area contributed by atoms with Crippen molar-refractivity contribution in [1.82, 2.24) is 9.97 Å². The molecule has 0 spiro atoms. The van der Waals surface area contributed by atoms with E-state index in [1.54, 1.807) is 26.0 Å². The minimum absolute atomic E-state index is 0.0143. The minimum Gasteiger partial charge on any atom is -0.421 e. The van der Waals surface area contributed by atoms with E-state index in [0.717, 1.165) is 16.8 Å². The zero-order valence-electron chi connectivity index (χ0n) is 16.1. The van der Waals surface area contributed by atoms with E-state index in [-0.39, 0.29) is 11.8 Å². The lowest BCUT2D eigenvalue weighted by atomic mass is 10.1. The van der Waals surface area contributed by atoms with Crippen molar-refractivity contribution in [2.45, 2.75) is 27.7 Å². The molecule has 1 heterocycles. The molecule has 2 aromatic carbocycles. The zero-order chi connectivity index (χ0) is 20.3. The molecule has 0 atom stereocenters. The second kappa shape index (κ2) is 8.04. The number of urea groups is 1. The fraction of sp³-hybridized carbons (Fsp3) is 0.190. The predicted molar refractivity (Wildman–Crippen MR) is 107 cm³/mol. The molecule has 3 rings (SSSR count). The van der Waals surface area contributed by atoms with Gasteiger partial charge in [0.25, 0.3) is 0 Å². The Balaban J connectivity index is 1.75. The summed E-state index contributed by atoms with van der Waals surface area (Å²) in [5.74, 6) is -0.467. The number of nitrogens with one attached hydrogen (secondary N) is 2. The Labute approximate surface area is 162 Å². The summed E-state index contributed by atoms with van der Waals surface area (Å²) < 4.78 is 19.2. The summed E-state index contributed by atoms with van der Waals surface area (Å²) in [5, 5.41) is 5.58. The summed E-state index contributed by atoms with van der Waals surface area (Å²) in [5.41, 5.74) is 4.30. The smallest absolute Gasteiger partial charge is 0.323 e. The highest BCUT2D eigenvalue weighted by Crippen LogP contribution is 2.25. The molecular weight excluding hydrogens is 359 g/mol. The van der Waals surface area contributed by atoms with Crippen molar-refractivity contribution in [2.75, 3.05) is 10.6 Å². The fourth-order valence-corrected chi connectivity index (χ4v) is 2.76. The number of carbonyl (C=O) groups is 1. The number of carbonyl (C=O) groups excluding carboxylic acids is 1. The normalized spacial score (nSPS) is 10.5. The second-order valence-electron chi connectivity index (χ2n) is 6.48. The van der Waals surface area contributed by atoms with E-state index >= 15 is 0 Å². The molecule has 0 fully saturated rings. The van der Waals surface area contributed by atoms with Crippen LogP contribution in [0.2, 0.25) is 0 Å². The van der Waals surface area contributed by atoms with Crippen LogP contribution in [0.5, 0.6) is 11.8 Å². The predicted octanol–water partition coefficient (Wildman–Crippen LogP) is 5.29. The lowest BCUT2D eigenvalue weighted by Gasteiger charge is -2.14. The molecule has 0 saturated heterocycles. The third-order valence-electron chi connectivity index (χ3n) is 4.16. The first-order chi connectivity index (χ1) is 13.3. The first-order valence-corrected chi connectivity index (χ1v) is 8.76. The number of rotatable bonds is 4. The molecule has 6 nitrogen and oxygen atoms in total. The van der Waals surface area contributed by atoms with E-state index in [1.165, 1.54) is 12.1 Å². The van der Waals surface area contributed by atoms with Gasteiger partial charge in [0, 0.05) is 5.69 Å². The summed E-state index contributed by atoms with van der Waals surface area (Å²) in [7, 11) is 0. The van der Waals surface area contributed by atoms with Crippen LogP contribution in [0.15, 0.2) is 42.5 Å². The fourth-order valence-electron chi connectivity index (χ4n) is 2.76. The zero-order valence-corrected chi connectivity index (χ0v) is 16.1. The van der Waals surface area contributed by atoms with Crippen LogP contribution >= 0.6 is 0 Å². The molecule has 0 saturated carbocycles.